The minimum atomic E-state index is 1.11. The van der Waals surface area contributed by atoms with Crippen LogP contribution in [0.4, 0.5) is 17.1 Å². The summed E-state index contributed by atoms with van der Waals surface area (Å²) in [4.78, 5) is 2.42. The van der Waals surface area contributed by atoms with E-state index in [2.05, 4.69) is 204 Å². The molecule has 0 amide bonds. The highest BCUT2D eigenvalue weighted by atomic mass is 15.1. The third-order valence-corrected chi connectivity index (χ3v) is 10.1. The minimum Gasteiger partial charge on any atom is -0.309 e. The number of benzene rings is 9. The van der Waals surface area contributed by atoms with Gasteiger partial charge in [-0.1, -0.05) is 146 Å². The lowest BCUT2D eigenvalue weighted by molar-refractivity contribution is 1.18. The molecule has 0 unspecified atom stereocenters. The second-order valence-electron chi connectivity index (χ2n) is 13.0. The van der Waals surface area contributed by atoms with E-state index in [9.17, 15) is 0 Å². The molecule has 0 spiro atoms. The molecule has 2 nitrogen and oxygen atoms in total. The Morgan fingerprint density at radius 1 is 0.340 bits per heavy atom. The van der Waals surface area contributed by atoms with E-state index < -0.39 is 0 Å². The maximum atomic E-state index is 2.44. The van der Waals surface area contributed by atoms with Gasteiger partial charge in [0.15, 0.2) is 0 Å². The molecule has 0 aliphatic rings. The molecule has 0 aliphatic carbocycles. The molecule has 0 aliphatic heterocycles. The minimum absolute atomic E-state index is 1.11. The molecular formula is C48H32N2. The Labute approximate surface area is 290 Å². The first-order chi connectivity index (χ1) is 24.8. The number of anilines is 3. The molecule has 10 aromatic rings. The van der Waals surface area contributed by atoms with Gasteiger partial charge in [0.1, 0.15) is 0 Å². The fourth-order valence-electron chi connectivity index (χ4n) is 7.83. The lowest BCUT2D eigenvalue weighted by Crippen LogP contribution is -2.11. The van der Waals surface area contributed by atoms with Crippen molar-refractivity contribution in [2.75, 3.05) is 4.90 Å². The van der Waals surface area contributed by atoms with Crippen LogP contribution in [0.15, 0.2) is 194 Å². The van der Waals surface area contributed by atoms with Crippen molar-refractivity contribution in [3.8, 4) is 16.8 Å². The van der Waals surface area contributed by atoms with Gasteiger partial charge in [0.2, 0.25) is 0 Å². The van der Waals surface area contributed by atoms with Gasteiger partial charge in [-0.15, -0.1) is 0 Å². The van der Waals surface area contributed by atoms with E-state index in [4.69, 9.17) is 0 Å². The smallest absolute Gasteiger partial charge is 0.0547 e. The average molecular weight is 637 g/mol. The van der Waals surface area contributed by atoms with Gasteiger partial charge in [-0.3, -0.25) is 0 Å². The molecule has 0 atom stereocenters. The van der Waals surface area contributed by atoms with Crippen molar-refractivity contribution in [1.29, 1.82) is 0 Å². The number of para-hydroxylation sites is 2. The van der Waals surface area contributed by atoms with E-state index >= 15 is 0 Å². The van der Waals surface area contributed by atoms with Crippen LogP contribution in [0.25, 0.3) is 70.9 Å². The van der Waals surface area contributed by atoms with E-state index in [0.717, 1.165) is 17.1 Å². The summed E-state index contributed by atoms with van der Waals surface area (Å²) in [7, 11) is 0. The van der Waals surface area contributed by atoms with Crippen molar-refractivity contribution in [2.45, 2.75) is 0 Å². The van der Waals surface area contributed by atoms with Crippen LogP contribution < -0.4 is 4.90 Å². The molecule has 0 fully saturated rings. The Hall–Kier alpha value is -6.64. The first-order valence-electron chi connectivity index (χ1n) is 17.2. The Balaban J connectivity index is 1.16. The van der Waals surface area contributed by atoms with Crippen LogP contribution in [0, 0.1) is 0 Å². The van der Waals surface area contributed by atoms with Gasteiger partial charge in [-0.05, 0) is 75.6 Å². The molecule has 0 saturated heterocycles. The maximum Gasteiger partial charge on any atom is 0.0547 e. The van der Waals surface area contributed by atoms with Crippen molar-refractivity contribution in [3.05, 3.63) is 194 Å². The first-order valence-corrected chi connectivity index (χ1v) is 17.2. The Morgan fingerprint density at radius 2 is 0.860 bits per heavy atom. The van der Waals surface area contributed by atoms with Crippen LogP contribution in [0.3, 0.4) is 0 Å². The van der Waals surface area contributed by atoms with E-state index in [1.165, 1.54) is 70.9 Å². The summed E-state index contributed by atoms with van der Waals surface area (Å²) < 4.78 is 2.44. The van der Waals surface area contributed by atoms with Crippen LogP contribution >= 0.6 is 0 Å². The zero-order valence-electron chi connectivity index (χ0n) is 27.4. The third kappa shape index (κ3) is 4.50. The van der Waals surface area contributed by atoms with Gasteiger partial charge >= 0.3 is 0 Å². The highest BCUT2D eigenvalue weighted by Gasteiger charge is 2.19. The monoisotopic (exact) mass is 636 g/mol. The molecule has 0 radical (unpaired) electrons. The predicted molar refractivity (Wildman–Crippen MR) is 213 cm³/mol. The summed E-state index contributed by atoms with van der Waals surface area (Å²) in [6, 6.07) is 70.5. The lowest BCUT2D eigenvalue weighted by Gasteiger charge is -2.28. The number of aromatic nitrogens is 1. The largest absolute Gasteiger partial charge is 0.309 e. The zero-order chi connectivity index (χ0) is 33.0. The maximum absolute atomic E-state index is 2.44. The number of rotatable bonds is 5. The van der Waals surface area contributed by atoms with Gasteiger partial charge in [0, 0.05) is 32.8 Å². The predicted octanol–water partition coefficient (Wildman–Crippen LogP) is 13.4. The van der Waals surface area contributed by atoms with Crippen LogP contribution in [0.1, 0.15) is 0 Å². The molecule has 10 rings (SSSR count). The van der Waals surface area contributed by atoms with Gasteiger partial charge < -0.3 is 9.47 Å². The number of fused-ring (bicyclic) bond motifs is 6. The quantitative estimate of drug-likeness (QED) is 0.182. The molecule has 0 bridgehead atoms. The van der Waals surface area contributed by atoms with E-state index in [1.54, 1.807) is 0 Å². The van der Waals surface area contributed by atoms with E-state index in [0.29, 0.717) is 0 Å². The normalized spacial score (nSPS) is 11.6. The average Bonchev–Trinajstić information content (AvgIpc) is 3.50. The van der Waals surface area contributed by atoms with Gasteiger partial charge in [-0.2, -0.15) is 0 Å². The fraction of sp³-hybridized carbons (Fsp3) is 0. The summed E-state index contributed by atoms with van der Waals surface area (Å²) >= 11 is 0. The van der Waals surface area contributed by atoms with Crippen molar-refractivity contribution in [3.63, 3.8) is 0 Å². The van der Waals surface area contributed by atoms with Crippen LogP contribution in [-0.4, -0.2) is 4.57 Å². The molecule has 0 N–H and O–H groups in total. The number of hydrogen-bond donors (Lipinski definition) is 0. The van der Waals surface area contributed by atoms with E-state index in [-0.39, 0.29) is 0 Å². The van der Waals surface area contributed by atoms with Gasteiger partial charge in [0.05, 0.1) is 28.1 Å². The van der Waals surface area contributed by atoms with E-state index in [1.807, 2.05) is 0 Å². The third-order valence-electron chi connectivity index (χ3n) is 10.1. The second kappa shape index (κ2) is 11.5. The number of hydrogen-bond acceptors (Lipinski definition) is 1. The van der Waals surface area contributed by atoms with Crippen molar-refractivity contribution in [1.82, 2.24) is 4.57 Å². The Kier molecular flexibility index (Phi) is 6.53. The Morgan fingerprint density at radius 3 is 1.54 bits per heavy atom. The Bertz CT molecular complexity index is 2790. The molecule has 234 valence electrons. The first kappa shape index (κ1) is 28.4. The number of nitrogens with zero attached hydrogens (tertiary/aromatic N) is 2. The summed E-state index contributed by atoms with van der Waals surface area (Å²) in [5.41, 5.74) is 9.38. The summed E-state index contributed by atoms with van der Waals surface area (Å²) in [6.45, 7) is 0. The molecule has 0 saturated carbocycles. The lowest BCUT2D eigenvalue weighted by atomic mass is 10.0. The highest BCUT2D eigenvalue weighted by Crippen LogP contribution is 2.43. The molecule has 1 heterocycles. The van der Waals surface area contributed by atoms with Gasteiger partial charge in [0.25, 0.3) is 0 Å². The van der Waals surface area contributed by atoms with Crippen molar-refractivity contribution < 1.29 is 0 Å². The fourth-order valence-corrected chi connectivity index (χ4v) is 7.83. The molecule has 50 heavy (non-hydrogen) atoms. The highest BCUT2D eigenvalue weighted by molar-refractivity contribution is 6.14. The zero-order valence-corrected chi connectivity index (χ0v) is 27.4. The second-order valence-corrected chi connectivity index (χ2v) is 13.0. The molecule has 9 aromatic carbocycles. The standard InChI is InChI=1S/C48H32N2/c1-2-16-37-32-48-43(31-36(37)15-1)42-22-8-10-24-47(42)50(48)46-23-9-7-21-41(46)35-27-29-38(30-28-35)49(44-25-11-17-33-13-3-5-19-39(33)44)45-26-12-18-34-14-4-6-20-40(34)45/h1-32H. The van der Waals surface area contributed by atoms with Crippen LogP contribution in [0.2, 0.25) is 0 Å². The van der Waals surface area contributed by atoms with Crippen LogP contribution in [-0.2, 0) is 0 Å². The molecule has 1 aromatic heterocycles. The molecular weight excluding hydrogens is 605 g/mol. The summed E-state index contributed by atoms with van der Waals surface area (Å²) in [6.07, 6.45) is 0. The summed E-state index contributed by atoms with van der Waals surface area (Å²) in [5.74, 6) is 0. The van der Waals surface area contributed by atoms with Crippen molar-refractivity contribution >= 4 is 71.2 Å². The SMILES string of the molecule is c1ccc(-n2c3ccccc3c3cc4ccccc4cc32)c(-c2ccc(N(c3cccc4ccccc34)c3cccc4ccccc34)cc2)c1. The topological polar surface area (TPSA) is 8.17 Å². The van der Waals surface area contributed by atoms with Crippen molar-refractivity contribution in [2.24, 2.45) is 0 Å². The molecule has 2 heteroatoms. The van der Waals surface area contributed by atoms with Gasteiger partial charge in [-0.25, -0.2) is 0 Å². The van der Waals surface area contributed by atoms with Crippen LogP contribution in [0.5, 0.6) is 0 Å². The summed E-state index contributed by atoms with van der Waals surface area (Å²) in [5, 5.41) is 9.91.